The van der Waals surface area contributed by atoms with Crippen molar-refractivity contribution in [1.29, 1.82) is 0 Å². The van der Waals surface area contributed by atoms with E-state index in [1.54, 1.807) is 12.1 Å². The molecule has 0 aliphatic rings. The van der Waals surface area contributed by atoms with Gasteiger partial charge in [0.05, 0.1) is 12.0 Å². The third-order valence-corrected chi connectivity index (χ3v) is 3.09. The quantitative estimate of drug-likeness (QED) is 0.567. The number of nitrogens with one attached hydrogen (secondary N) is 2. The fourth-order valence-corrected chi connectivity index (χ4v) is 1.78. The number of rotatable bonds is 8. The summed E-state index contributed by atoms with van der Waals surface area (Å²) in [6.45, 7) is 4.23. The van der Waals surface area contributed by atoms with Crippen molar-refractivity contribution in [3.63, 3.8) is 0 Å². The Morgan fingerprint density at radius 3 is 2.76 bits per heavy atom. The van der Waals surface area contributed by atoms with Gasteiger partial charge in [0.1, 0.15) is 5.69 Å². The summed E-state index contributed by atoms with van der Waals surface area (Å²) >= 11 is 0. The van der Waals surface area contributed by atoms with Crippen molar-refractivity contribution in [2.24, 2.45) is 0 Å². The van der Waals surface area contributed by atoms with Gasteiger partial charge in [-0.2, -0.15) is 0 Å². The van der Waals surface area contributed by atoms with Crippen molar-refractivity contribution in [2.75, 3.05) is 19.0 Å². The van der Waals surface area contributed by atoms with Crippen molar-refractivity contribution in [3.8, 4) is 5.75 Å². The molecule has 7 heteroatoms. The molecule has 1 unspecified atom stereocenters. The molecule has 0 heterocycles. The molecule has 0 spiro atoms. The first-order valence-corrected chi connectivity index (χ1v) is 6.84. The van der Waals surface area contributed by atoms with E-state index in [0.717, 1.165) is 6.42 Å². The van der Waals surface area contributed by atoms with Crippen LogP contribution in [-0.4, -0.2) is 30.5 Å². The van der Waals surface area contributed by atoms with Gasteiger partial charge in [0.2, 0.25) is 5.91 Å². The number of carbonyl (C=O) groups excluding carboxylic acids is 1. The molecule has 0 bridgehead atoms. The highest BCUT2D eigenvalue weighted by Gasteiger charge is 2.20. The zero-order valence-corrected chi connectivity index (χ0v) is 12.5. The number of methoxy groups -OCH3 is 1. The summed E-state index contributed by atoms with van der Waals surface area (Å²) in [5.74, 6) is 0.108. The lowest BCUT2D eigenvalue weighted by Crippen LogP contribution is -2.32. The van der Waals surface area contributed by atoms with Gasteiger partial charge in [0, 0.05) is 19.0 Å². The first-order valence-electron chi connectivity index (χ1n) is 6.84. The van der Waals surface area contributed by atoms with Gasteiger partial charge >= 0.3 is 5.69 Å². The highest BCUT2D eigenvalue weighted by Crippen LogP contribution is 2.34. The van der Waals surface area contributed by atoms with Crippen LogP contribution < -0.4 is 15.4 Å². The van der Waals surface area contributed by atoms with E-state index in [-0.39, 0.29) is 29.8 Å². The maximum Gasteiger partial charge on any atom is 0.333 e. The van der Waals surface area contributed by atoms with Crippen LogP contribution in [0, 0.1) is 10.1 Å². The molecule has 1 atom stereocenters. The Bertz CT molecular complexity index is 505. The second-order valence-corrected chi connectivity index (χ2v) is 4.67. The van der Waals surface area contributed by atoms with Gasteiger partial charge in [0.15, 0.2) is 5.75 Å². The lowest BCUT2D eigenvalue weighted by Gasteiger charge is -2.12. The van der Waals surface area contributed by atoms with Crippen molar-refractivity contribution < 1.29 is 14.5 Å². The standard InChI is InChI=1S/C14H21N3O4/c1-4-10(2)16-13(18)8-9-15-11-6-5-7-12(21-3)14(11)17(19)20/h5-7,10,15H,4,8-9H2,1-3H3,(H,16,18). The van der Waals surface area contributed by atoms with E-state index in [9.17, 15) is 14.9 Å². The number of anilines is 1. The van der Waals surface area contributed by atoms with Crippen molar-refractivity contribution in [2.45, 2.75) is 32.7 Å². The molecule has 1 rings (SSSR count). The topological polar surface area (TPSA) is 93.5 Å². The summed E-state index contributed by atoms with van der Waals surface area (Å²) in [6, 6.07) is 4.91. The Balaban J connectivity index is 2.64. The molecule has 21 heavy (non-hydrogen) atoms. The van der Waals surface area contributed by atoms with Crippen LogP contribution in [-0.2, 0) is 4.79 Å². The van der Waals surface area contributed by atoms with Gasteiger partial charge in [-0.25, -0.2) is 0 Å². The van der Waals surface area contributed by atoms with Gasteiger partial charge in [0.25, 0.3) is 0 Å². The Morgan fingerprint density at radius 1 is 1.48 bits per heavy atom. The molecule has 0 radical (unpaired) electrons. The van der Waals surface area contributed by atoms with Crippen LogP contribution in [0.2, 0.25) is 0 Å². The Morgan fingerprint density at radius 2 is 2.19 bits per heavy atom. The molecule has 0 saturated carbocycles. The highest BCUT2D eigenvalue weighted by atomic mass is 16.6. The number of hydrogen-bond acceptors (Lipinski definition) is 5. The molecule has 116 valence electrons. The highest BCUT2D eigenvalue weighted by molar-refractivity contribution is 5.77. The van der Waals surface area contributed by atoms with E-state index in [2.05, 4.69) is 10.6 Å². The van der Waals surface area contributed by atoms with E-state index in [0.29, 0.717) is 12.2 Å². The molecule has 1 amide bonds. The van der Waals surface area contributed by atoms with Crippen molar-refractivity contribution in [1.82, 2.24) is 5.32 Å². The first kappa shape index (κ1) is 16.7. The van der Waals surface area contributed by atoms with Crippen LogP contribution in [0.25, 0.3) is 0 Å². The number of nitro groups is 1. The summed E-state index contributed by atoms with van der Waals surface area (Å²) in [5.41, 5.74) is 0.220. The maximum atomic E-state index is 11.6. The maximum absolute atomic E-state index is 11.6. The molecule has 7 nitrogen and oxygen atoms in total. The fraction of sp³-hybridized carbons (Fsp3) is 0.500. The van der Waals surface area contributed by atoms with Crippen LogP contribution in [0.15, 0.2) is 18.2 Å². The number of amides is 1. The van der Waals surface area contributed by atoms with E-state index in [1.807, 2.05) is 13.8 Å². The molecule has 0 aliphatic carbocycles. The monoisotopic (exact) mass is 295 g/mol. The molecular weight excluding hydrogens is 274 g/mol. The molecule has 0 fully saturated rings. The van der Waals surface area contributed by atoms with E-state index in [1.165, 1.54) is 13.2 Å². The molecular formula is C14H21N3O4. The zero-order chi connectivity index (χ0) is 15.8. The Hall–Kier alpha value is -2.31. The Kier molecular flexibility index (Phi) is 6.45. The molecule has 1 aromatic rings. The summed E-state index contributed by atoms with van der Waals surface area (Å²) in [4.78, 5) is 22.2. The lowest BCUT2D eigenvalue weighted by atomic mass is 10.2. The summed E-state index contributed by atoms with van der Waals surface area (Å²) < 4.78 is 4.98. The number of para-hydroxylation sites is 1. The average molecular weight is 295 g/mol. The summed E-state index contributed by atoms with van der Waals surface area (Å²) in [5, 5.41) is 16.8. The second-order valence-electron chi connectivity index (χ2n) is 4.67. The zero-order valence-electron chi connectivity index (χ0n) is 12.5. The minimum Gasteiger partial charge on any atom is -0.490 e. The SMILES string of the molecule is CCC(C)NC(=O)CCNc1cccc(OC)c1[N+](=O)[O-]. The van der Waals surface area contributed by atoms with Crippen LogP contribution >= 0.6 is 0 Å². The predicted molar refractivity (Wildman–Crippen MR) is 80.7 cm³/mol. The molecule has 0 aliphatic heterocycles. The van der Waals surface area contributed by atoms with E-state index in [4.69, 9.17) is 4.74 Å². The minimum absolute atomic E-state index is 0.0811. The van der Waals surface area contributed by atoms with Gasteiger partial charge in [-0.3, -0.25) is 14.9 Å². The van der Waals surface area contributed by atoms with Crippen molar-refractivity contribution >= 4 is 17.3 Å². The fourth-order valence-electron chi connectivity index (χ4n) is 1.78. The number of benzene rings is 1. The van der Waals surface area contributed by atoms with Crippen LogP contribution in [0.1, 0.15) is 26.7 Å². The minimum atomic E-state index is -0.500. The third kappa shape index (κ3) is 4.94. The third-order valence-electron chi connectivity index (χ3n) is 3.09. The molecule has 0 saturated heterocycles. The van der Waals surface area contributed by atoms with Crippen LogP contribution in [0.3, 0.4) is 0 Å². The van der Waals surface area contributed by atoms with Gasteiger partial charge in [-0.05, 0) is 25.5 Å². The normalized spacial score (nSPS) is 11.6. The predicted octanol–water partition coefficient (Wildman–Crippen LogP) is 2.32. The van der Waals surface area contributed by atoms with Crippen molar-refractivity contribution in [3.05, 3.63) is 28.3 Å². The van der Waals surface area contributed by atoms with Gasteiger partial charge in [-0.15, -0.1) is 0 Å². The van der Waals surface area contributed by atoms with Gasteiger partial charge < -0.3 is 15.4 Å². The summed E-state index contributed by atoms with van der Waals surface area (Å²) in [6.07, 6.45) is 1.11. The number of hydrogen-bond donors (Lipinski definition) is 2. The summed E-state index contributed by atoms with van der Waals surface area (Å²) in [7, 11) is 1.38. The van der Waals surface area contributed by atoms with Gasteiger partial charge in [-0.1, -0.05) is 13.0 Å². The largest absolute Gasteiger partial charge is 0.490 e. The molecule has 1 aromatic carbocycles. The second kappa shape index (κ2) is 8.08. The van der Waals surface area contributed by atoms with E-state index < -0.39 is 4.92 Å². The number of ether oxygens (including phenoxy) is 1. The number of carbonyl (C=O) groups is 1. The smallest absolute Gasteiger partial charge is 0.333 e. The average Bonchev–Trinajstić information content (AvgIpc) is 2.46. The Labute approximate surface area is 123 Å². The lowest BCUT2D eigenvalue weighted by molar-refractivity contribution is -0.384. The molecule has 0 aromatic heterocycles. The molecule has 2 N–H and O–H groups in total. The van der Waals surface area contributed by atoms with Crippen LogP contribution in [0.4, 0.5) is 11.4 Å². The first-order chi connectivity index (χ1) is 9.99. The van der Waals surface area contributed by atoms with E-state index >= 15 is 0 Å². The number of nitrogens with zero attached hydrogens (tertiary/aromatic N) is 1. The number of nitro benzene ring substituents is 1. The van der Waals surface area contributed by atoms with Crippen LogP contribution in [0.5, 0.6) is 5.75 Å².